The Bertz CT molecular complexity index is 736. The van der Waals surface area contributed by atoms with E-state index in [1.807, 2.05) is 48.5 Å². The standard InChI is InChI=1S/C16H12N2O/c19-15-10-13-6-2-1-5-12(13)9-14(15)11-18-16-7-3-4-8-17-16/h1-11,19H/b18-11+. The smallest absolute Gasteiger partial charge is 0.151 e. The van der Waals surface area contributed by atoms with Crippen molar-refractivity contribution in [3.63, 3.8) is 0 Å². The van der Waals surface area contributed by atoms with Gasteiger partial charge in [-0.25, -0.2) is 9.98 Å². The summed E-state index contributed by atoms with van der Waals surface area (Å²) < 4.78 is 0. The molecule has 0 amide bonds. The quantitative estimate of drug-likeness (QED) is 0.703. The number of hydrogen-bond donors (Lipinski definition) is 1. The number of pyridine rings is 1. The lowest BCUT2D eigenvalue weighted by Gasteiger charge is -2.02. The van der Waals surface area contributed by atoms with Gasteiger partial charge in [0.1, 0.15) is 5.75 Å². The maximum Gasteiger partial charge on any atom is 0.151 e. The van der Waals surface area contributed by atoms with Gasteiger partial charge in [0.15, 0.2) is 5.82 Å². The van der Waals surface area contributed by atoms with Crippen molar-refractivity contribution in [1.82, 2.24) is 4.98 Å². The summed E-state index contributed by atoms with van der Waals surface area (Å²) in [6, 6.07) is 17.1. The van der Waals surface area contributed by atoms with Crippen LogP contribution in [-0.2, 0) is 0 Å². The molecule has 3 aromatic rings. The van der Waals surface area contributed by atoms with Gasteiger partial charge in [-0.2, -0.15) is 0 Å². The molecule has 2 aromatic carbocycles. The van der Waals surface area contributed by atoms with Crippen molar-refractivity contribution in [2.45, 2.75) is 0 Å². The first-order chi connectivity index (χ1) is 9.33. The fourth-order valence-corrected chi connectivity index (χ4v) is 1.92. The fourth-order valence-electron chi connectivity index (χ4n) is 1.92. The molecule has 0 saturated carbocycles. The summed E-state index contributed by atoms with van der Waals surface area (Å²) in [5.41, 5.74) is 0.685. The van der Waals surface area contributed by atoms with Crippen LogP contribution < -0.4 is 0 Å². The van der Waals surface area contributed by atoms with E-state index >= 15 is 0 Å². The van der Waals surface area contributed by atoms with Gasteiger partial charge in [-0.15, -0.1) is 0 Å². The Hall–Kier alpha value is -2.68. The van der Waals surface area contributed by atoms with E-state index < -0.39 is 0 Å². The highest BCUT2D eigenvalue weighted by atomic mass is 16.3. The van der Waals surface area contributed by atoms with Crippen molar-refractivity contribution < 1.29 is 5.11 Å². The third kappa shape index (κ3) is 2.45. The molecule has 0 spiro atoms. The van der Waals surface area contributed by atoms with Crippen molar-refractivity contribution in [3.8, 4) is 5.75 Å². The van der Waals surface area contributed by atoms with E-state index in [1.165, 1.54) is 0 Å². The van der Waals surface area contributed by atoms with Crippen LogP contribution in [0.25, 0.3) is 10.8 Å². The number of phenolic OH excluding ortho intramolecular Hbond substituents is 1. The van der Waals surface area contributed by atoms with Crippen LogP contribution >= 0.6 is 0 Å². The van der Waals surface area contributed by atoms with Crippen LogP contribution in [-0.4, -0.2) is 16.3 Å². The second-order valence-electron chi connectivity index (χ2n) is 4.20. The van der Waals surface area contributed by atoms with Gasteiger partial charge in [-0.1, -0.05) is 30.3 Å². The Morgan fingerprint density at radius 3 is 2.42 bits per heavy atom. The summed E-state index contributed by atoms with van der Waals surface area (Å²) in [6.45, 7) is 0. The molecule has 1 aromatic heterocycles. The van der Waals surface area contributed by atoms with Crippen LogP contribution in [0.3, 0.4) is 0 Å². The van der Waals surface area contributed by atoms with E-state index in [1.54, 1.807) is 18.5 Å². The number of aromatic nitrogens is 1. The predicted molar refractivity (Wildman–Crippen MR) is 77.1 cm³/mol. The van der Waals surface area contributed by atoms with Gasteiger partial charge in [0.25, 0.3) is 0 Å². The van der Waals surface area contributed by atoms with E-state index in [2.05, 4.69) is 9.98 Å². The number of nitrogens with zero attached hydrogens (tertiary/aromatic N) is 2. The lowest BCUT2D eigenvalue weighted by molar-refractivity contribution is 0.475. The molecular formula is C16H12N2O. The third-order valence-corrected chi connectivity index (χ3v) is 2.88. The Labute approximate surface area is 110 Å². The molecule has 0 radical (unpaired) electrons. The predicted octanol–water partition coefficient (Wildman–Crippen LogP) is 3.69. The van der Waals surface area contributed by atoms with Crippen LogP contribution in [0.15, 0.2) is 65.8 Å². The van der Waals surface area contributed by atoms with Crippen LogP contribution in [0.4, 0.5) is 5.82 Å². The van der Waals surface area contributed by atoms with Gasteiger partial charge < -0.3 is 5.11 Å². The largest absolute Gasteiger partial charge is 0.507 e. The molecule has 92 valence electrons. The minimum atomic E-state index is 0.221. The monoisotopic (exact) mass is 248 g/mol. The molecule has 0 unspecified atom stereocenters. The fraction of sp³-hybridized carbons (Fsp3) is 0. The molecule has 1 N–H and O–H groups in total. The van der Waals surface area contributed by atoms with Crippen molar-refractivity contribution >= 4 is 22.8 Å². The Morgan fingerprint density at radius 2 is 1.68 bits per heavy atom. The zero-order valence-electron chi connectivity index (χ0n) is 10.2. The van der Waals surface area contributed by atoms with E-state index in [4.69, 9.17) is 0 Å². The zero-order chi connectivity index (χ0) is 13.1. The van der Waals surface area contributed by atoms with Gasteiger partial charge in [-0.3, -0.25) is 0 Å². The number of benzene rings is 2. The minimum absolute atomic E-state index is 0.221. The Balaban J connectivity index is 2.01. The summed E-state index contributed by atoms with van der Waals surface area (Å²) >= 11 is 0. The molecule has 3 heteroatoms. The summed E-state index contributed by atoms with van der Waals surface area (Å²) in [5, 5.41) is 12.1. The first-order valence-corrected chi connectivity index (χ1v) is 6.00. The minimum Gasteiger partial charge on any atom is -0.507 e. The number of aromatic hydroxyl groups is 1. The number of rotatable bonds is 2. The molecule has 0 aliphatic carbocycles. The summed E-state index contributed by atoms with van der Waals surface area (Å²) in [7, 11) is 0. The van der Waals surface area contributed by atoms with Gasteiger partial charge in [0.05, 0.1) is 0 Å². The van der Waals surface area contributed by atoms with Crippen LogP contribution in [0, 0.1) is 0 Å². The molecule has 1 heterocycles. The molecular weight excluding hydrogens is 236 g/mol. The van der Waals surface area contributed by atoms with E-state index in [-0.39, 0.29) is 5.75 Å². The summed E-state index contributed by atoms with van der Waals surface area (Å²) in [5.74, 6) is 0.841. The second-order valence-corrected chi connectivity index (χ2v) is 4.20. The van der Waals surface area contributed by atoms with Crippen molar-refractivity contribution in [2.24, 2.45) is 4.99 Å². The topological polar surface area (TPSA) is 45.5 Å². The SMILES string of the molecule is Oc1cc2ccccc2cc1/C=N/c1ccccn1. The first kappa shape index (κ1) is 11.4. The van der Waals surface area contributed by atoms with Gasteiger partial charge in [0.2, 0.25) is 0 Å². The van der Waals surface area contributed by atoms with Gasteiger partial charge >= 0.3 is 0 Å². The number of hydrogen-bond acceptors (Lipinski definition) is 3. The average Bonchev–Trinajstić information content (AvgIpc) is 2.46. The second kappa shape index (κ2) is 4.90. The molecule has 3 nitrogen and oxygen atoms in total. The van der Waals surface area contributed by atoms with E-state index in [0.717, 1.165) is 10.8 Å². The van der Waals surface area contributed by atoms with Crippen LogP contribution in [0.5, 0.6) is 5.75 Å². The normalized spacial score (nSPS) is 11.2. The number of fused-ring (bicyclic) bond motifs is 1. The first-order valence-electron chi connectivity index (χ1n) is 6.00. The van der Waals surface area contributed by atoms with Crippen LogP contribution in [0.2, 0.25) is 0 Å². The van der Waals surface area contributed by atoms with Crippen molar-refractivity contribution in [2.75, 3.05) is 0 Å². The summed E-state index contributed by atoms with van der Waals surface area (Å²) in [4.78, 5) is 8.35. The molecule has 0 aliphatic rings. The summed E-state index contributed by atoms with van der Waals surface area (Å²) in [6.07, 6.45) is 3.32. The van der Waals surface area contributed by atoms with Crippen molar-refractivity contribution in [1.29, 1.82) is 0 Å². The molecule has 3 rings (SSSR count). The molecule has 0 saturated heterocycles. The zero-order valence-corrected chi connectivity index (χ0v) is 10.2. The molecule has 0 fully saturated rings. The third-order valence-electron chi connectivity index (χ3n) is 2.88. The molecule has 19 heavy (non-hydrogen) atoms. The Kier molecular flexibility index (Phi) is 2.94. The number of phenols is 1. The highest BCUT2D eigenvalue weighted by Gasteiger charge is 2.01. The average molecular weight is 248 g/mol. The van der Waals surface area contributed by atoms with Crippen molar-refractivity contribution in [3.05, 3.63) is 66.4 Å². The molecule has 0 bridgehead atoms. The van der Waals surface area contributed by atoms with Gasteiger partial charge in [-0.05, 0) is 35.0 Å². The van der Waals surface area contributed by atoms with E-state index in [0.29, 0.717) is 11.4 Å². The van der Waals surface area contributed by atoms with Gasteiger partial charge in [0, 0.05) is 18.0 Å². The lowest BCUT2D eigenvalue weighted by atomic mass is 10.1. The number of aliphatic imine (C=N–C) groups is 1. The van der Waals surface area contributed by atoms with E-state index in [9.17, 15) is 5.11 Å². The maximum atomic E-state index is 9.97. The molecule has 0 atom stereocenters. The molecule has 0 aliphatic heterocycles. The highest BCUT2D eigenvalue weighted by Crippen LogP contribution is 2.24. The highest BCUT2D eigenvalue weighted by molar-refractivity contribution is 5.94. The van der Waals surface area contributed by atoms with Crippen LogP contribution in [0.1, 0.15) is 5.56 Å². The maximum absolute atomic E-state index is 9.97. The lowest BCUT2D eigenvalue weighted by Crippen LogP contribution is -1.84. The Morgan fingerprint density at radius 1 is 0.947 bits per heavy atom.